The molecule has 2 atom stereocenters. The van der Waals surface area contributed by atoms with Gasteiger partial charge in [0.05, 0.1) is 0 Å². The first-order chi connectivity index (χ1) is 10.1. The summed E-state index contributed by atoms with van der Waals surface area (Å²) in [4.78, 5) is 19.7. The number of carbonyl (C=O) groups is 1. The molecule has 2 heterocycles. The van der Waals surface area contributed by atoms with E-state index < -0.39 is 0 Å². The molecule has 0 radical (unpaired) electrons. The van der Waals surface area contributed by atoms with Gasteiger partial charge in [0.1, 0.15) is 10.7 Å². The fourth-order valence-electron chi connectivity index (χ4n) is 3.21. The van der Waals surface area contributed by atoms with E-state index in [9.17, 15) is 4.79 Å². The number of nitrogen functional groups attached to an aromatic ring is 1. The van der Waals surface area contributed by atoms with Crippen LogP contribution in [0.5, 0.6) is 0 Å². The van der Waals surface area contributed by atoms with Crippen LogP contribution >= 0.6 is 11.3 Å². The van der Waals surface area contributed by atoms with Crippen LogP contribution in [0, 0.1) is 0 Å². The van der Waals surface area contributed by atoms with E-state index in [1.807, 2.05) is 4.90 Å². The van der Waals surface area contributed by atoms with Crippen molar-refractivity contribution in [1.29, 1.82) is 0 Å². The molecule has 5 nitrogen and oxygen atoms in total. The minimum absolute atomic E-state index is 0.0476. The lowest BCUT2D eigenvalue weighted by molar-refractivity contribution is 0.0516. The molecule has 2 fully saturated rings. The molecule has 3 N–H and O–H groups in total. The van der Waals surface area contributed by atoms with Gasteiger partial charge in [-0.1, -0.05) is 11.3 Å². The van der Waals surface area contributed by atoms with Crippen molar-refractivity contribution in [2.75, 3.05) is 11.1 Å². The van der Waals surface area contributed by atoms with Crippen LogP contribution in [0.25, 0.3) is 0 Å². The van der Waals surface area contributed by atoms with E-state index in [1.54, 1.807) is 0 Å². The Morgan fingerprint density at radius 3 is 2.43 bits per heavy atom. The van der Waals surface area contributed by atoms with Crippen LogP contribution in [-0.4, -0.2) is 33.9 Å². The quantitative estimate of drug-likeness (QED) is 0.900. The molecule has 1 saturated carbocycles. The smallest absolute Gasteiger partial charge is 0.268 e. The Morgan fingerprint density at radius 1 is 1.24 bits per heavy atom. The van der Waals surface area contributed by atoms with Gasteiger partial charge in [-0.2, -0.15) is 0 Å². The number of amides is 1. The Morgan fingerprint density at radius 2 is 1.86 bits per heavy atom. The Hall–Kier alpha value is -1.30. The van der Waals surface area contributed by atoms with Gasteiger partial charge in [-0.15, -0.1) is 0 Å². The molecule has 6 heteroatoms. The van der Waals surface area contributed by atoms with Crippen molar-refractivity contribution in [3.8, 4) is 0 Å². The van der Waals surface area contributed by atoms with Gasteiger partial charge in [-0.05, 0) is 52.4 Å². The van der Waals surface area contributed by atoms with Gasteiger partial charge in [-0.3, -0.25) is 4.79 Å². The molecule has 2 unspecified atom stereocenters. The number of anilines is 2. The standard InChI is InChI=1S/C15H24N4OS/c1-9-5-3-6-10(2)19(9)14(20)12-13(16)18-15(21-12)17-11-7-4-8-11/h9-11H,3-8,16H2,1-2H3,(H,17,18). The highest BCUT2D eigenvalue weighted by molar-refractivity contribution is 7.18. The fourth-order valence-corrected chi connectivity index (χ4v) is 4.12. The van der Waals surface area contributed by atoms with Gasteiger partial charge < -0.3 is 16.0 Å². The van der Waals surface area contributed by atoms with E-state index in [0.717, 1.165) is 18.0 Å². The molecule has 2 aliphatic rings. The Bertz CT molecular complexity index is 516. The minimum atomic E-state index is 0.0476. The van der Waals surface area contributed by atoms with E-state index >= 15 is 0 Å². The molecule has 1 amide bonds. The molecule has 1 aliphatic carbocycles. The highest BCUT2D eigenvalue weighted by Gasteiger charge is 2.32. The second-order valence-corrected chi connectivity index (χ2v) is 7.35. The molecular formula is C15H24N4OS. The van der Waals surface area contributed by atoms with Crippen LogP contribution in [0.1, 0.15) is 62.0 Å². The predicted octanol–water partition coefficient (Wildman–Crippen LogP) is 3.09. The molecule has 0 spiro atoms. The monoisotopic (exact) mass is 308 g/mol. The highest BCUT2D eigenvalue weighted by Crippen LogP contribution is 2.32. The SMILES string of the molecule is CC1CCCC(C)N1C(=O)c1sc(NC2CCC2)nc1N. The maximum Gasteiger partial charge on any atom is 0.268 e. The number of nitrogens with zero attached hydrogens (tertiary/aromatic N) is 2. The van der Waals surface area contributed by atoms with Gasteiger partial charge in [0.15, 0.2) is 5.13 Å². The van der Waals surface area contributed by atoms with Crippen LogP contribution in [0.4, 0.5) is 10.9 Å². The largest absolute Gasteiger partial charge is 0.382 e. The number of thiazole rings is 1. The molecular weight excluding hydrogens is 284 g/mol. The molecule has 0 aromatic carbocycles. The average Bonchev–Trinajstić information content (AvgIpc) is 2.75. The topological polar surface area (TPSA) is 71.2 Å². The van der Waals surface area contributed by atoms with E-state index in [0.29, 0.717) is 16.7 Å². The van der Waals surface area contributed by atoms with Crippen LogP contribution < -0.4 is 11.1 Å². The molecule has 3 rings (SSSR count). The van der Waals surface area contributed by atoms with Crippen LogP contribution in [-0.2, 0) is 0 Å². The summed E-state index contributed by atoms with van der Waals surface area (Å²) in [5.41, 5.74) is 5.99. The number of likely N-dealkylation sites (tertiary alicyclic amines) is 1. The summed E-state index contributed by atoms with van der Waals surface area (Å²) < 4.78 is 0. The van der Waals surface area contributed by atoms with Crippen LogP contribution in [0.2, 0.25) is 0 Å². The first kappa shape index (κ1) is 14.6. The van der Waals surface area contributed by atoms with E-state index in [2.05, 4.69) is 24.1 Å². The van der Waals surface area contributed by atoms with Crippen molar-refractivity contribution in [2.45, 2.75) is 70.5 Å². The van der Waals surface area contributed by atoms with E-state index in [1.165, 1.54) is 37.0 Å². The van der Waals surface area contributed by atoms with E-state index in [4.69, 9.17) is 5.73 Å². The van der Waals surface area contributed by atoms with Crippen molar-refractivity contribution in [3.05, 3.63) is 4.88 Å². The van der Waals surface area contributed by atoms with Crippen molar-refractivity contribution < 1.29 is 4.79 Å². The first-order valence-electron chi connectivity index (χ1n) is 7.91. The molecule has 1 aliphatic heterocycles. The molecule has 1 aromatic rings. The van der Waals surface area contributed by atoms with Gasteiger partial charge in [0, 0.05) is 18.1 Å². The third-order valence-corrected chi connectivity index (χ3v) is 5.70. The fraction of sp³-hybridized carbons (Fsp3) is 0.733. The van der Waals surface area contributed by atoms with Crippen molar-refractivity contribution >= 4 is 28.2 Å². The second-order valence-electron chi connectivity index (χ2n) is 6.35. The summed E-state index contributed by atoms with van der Waals surface area (Å²) >= 11 is 1.40. The zero-order valence-electron chi connectivity index (χ0n) is 12.8. The summed E-state index contributed by atoms with van der Waals surface area (Å²) in [7, 11) is 0. The third-order valence-electron chi connectivity index (χ3n) is 4.71. The summed E-state index contributed by atoms with van der Waals surface area (Å²) in [5, 5.41) is 4.17. The van der Waals surface area contributed by atoms with Gasteiger partial charge in [0.2, 0.25) is 0 Å². The minimum Gasteiger partial charge on any atom is -0.382 e. The number of nitrogens with two attached hydrogens (primary N) is 1. The van der Waals surface area contributed by atoms with Gasteiger partial charge >= 0.3 is 0 Å². The number of hydrogen-bond acceptors (Lipinski definition) is 5. The number of nitrogens with one attached hydrogen (secondary N) is 1. The number of hydrogen-bond donors (Lipinski definition) is 2. The summed E-state index contributed by atoms with van der Waals surface area (Å²) in [6, 6.07) is 1.07. The summed E-state index contributed by atoms with van der Waals surface area (Å²) in [6.07, 6.45) is 6.97. The number of carbonyl (C=O) groups excluding carboxylic acids is 1. The Kier molecular flexibility index (Phi) is 4.06. The van der Waals surface area contributed by atoms with Gasteiger partial charge in [-0.25, -0.2) is 4.98 Å². The number of aromatic nitrogens is 1. The highest BCUT2D eigenvalue weighted by atomic mass is 32.1. The van der Waals surface area contributed by atoms with Crippen LogP contribution in [0.15, 0.2) is 0 Å². The Balaban J connectivity index is 1.76. The molecule has 0 bridgehead atoms. The molecule has 1 saturated heterocycles. The van der Waals surface area contributed by atoms with Crippen LogP contribution in [0.3, 0.4) is 0 Å². The molecule has 116 valence electrons. The maximum atomic E-state index is 12.8. The first-order valence-corrected chi connectivity index (χ1v) is 8.73. The maximum absolute atomic E-state index is 12.8. The summed E-state index contributed by atoms with van der Waals surface area (Å²) in [6.45, 7) is 4.25. The third kappa shape index (κ3) is 2.86. The zero-order valence-corrected chi connectivity index (χ0v) is 13.6. The zero-order chi connectivity index (χ0) is 15.0. The molecule has 1 aromatic heterocycles. The number of rotatable bonds is 3. The lowest BCUT2D eigenvalue weighted by atomic mass is 9.93. The normalized spacial score (nSPS) is 26.5. The van der Waals surface area contributed by atoms with E-state index in [-0.39, 0.29) is 18.0 Å². The van der Waals surface area contributed by atoms with Crippen molar-refractivity contribution in [1.82, 2.24) is 9.88 Å². The van der Waals surface area contributed by atoms with Crippen molar-refractivity contribution in [2.24, 2.45) is 0 Å². The van der Waals surface area contributed by atoms with Gasteiger partial charge in [0.25, 0.3) is 5.91 Å². The Labute approximate surface area is 129 Å². The lowest BCUT2D eigenvalue weighted by Gasteiger charge is -2.38. The summed E-state index contributed by atoms with van der Waals surface area (Å²) in [5.74, 6) is 0.420. The average molecular weight is 308 g/mol. The molecule has 21 heavy (non-hydrogen) atoms. The second kappa shape index (κ2) is 5.83. The van der Waals surface area contributed by atoms with Crippen molar-refractivity contribution in [3.63, 3.8) is 0 Å². The lowest BCUT2D eigenvalue weighted by Crippen LogP contribution is -2.47. The predicted molar refractivity (Wildman–Crippen MR) is 86.7 cm³/mol. The number of piperidine rings is 1.